The summed E-state index contributed by atoms with van der Waals surface area (Å²) in [6.07, 6.45) is 2.47. The maximum atomic E-state index is 14.1. The second-order valence-electron chi connectivity index (χ2n) is 12.8. The van der Waals surface area contributed by atoms with Crippen LogP contribution in [0.25, 0.3) is 0 Å². The number of benzene rings is 3. The molecule has 0 spiro atoms. The number of carbonyl (C=O) groups excluding carboxylic acids is 3. The molecule has 254 valence electrons. The Kier molecular flexibility index (Phi) is 10.6. The van der Waals surface area contributed by atoms with Crippen molar-refractivity contribution in [3.63, 3.8) is 0 Å². The van der Waals surface area contributed by atoms with Crippen LogP contribution in [-0.4, -0.2) is 47.0 Å². The van der Waals surface area contributed by atoms with Crippen LogP contribution in [0.3, 0.4) is 0 Å². The van der Waals surface area contributed by atoms with Gasteiger partial charge in [0.15, 0.2) is 0 Å². The van der Waals surface area contributed by atoms with Crippen LogP contribution in [0.5, 0.6) is 0 Å². The number of thiophene rings is 1. The zero-order valence-corrected chi connectivity index (χ0v) is 29.0. The van der Waals surface area contributed by atoms with Gasteiger partial charge in [-0.3, -0.25) is 9.59 Å². The molecular formula is C37H36N2O8S2. The summed E-state index contributed by atoms with van der Waals surface area (Å²) in [5.41, 5.74) is 1.60. The van der Waals surface area contributed by atoms with E-state index in [2.05, 4.69) is 31.4 Å². The quantitative estimate of drug-likeness (QED) is 0.0956. The van der Waals surface area contributed by atoms with Gasteiger partial charge in [-0.25, -0.2) is 14.4 Å². The van der Waals surface area contributed by atoms with Gasteiger partial charge in [0.25, 0.3) is 5.91 Å². The average Bonchev–Trinajstić information content (AvgIpc) is 3.43. The van der Waals surface area contributed by atoms with Gasteiger partial charge in [-0.05, 0) is 78.1 Å². The van der Waals surface area contributed by atoms with Crippen molar-refractivity contribution in [1.82, 2.24) is 0 Å². The van der Waals surface area contributed by atoms with Crippen LogP contribution >= 0.6 is 23.1 Å². The van der Waals surface area contributed by atoms with E-state index in [0.29, 0.717) is 27.1 Å². The van der Waals surface area contributed by atoms with E-state index in [0.717, 1.165) is 53.5 Å². The second-order valence-corrected chi connectivity index (χ2v) is 15.0. The molecule has 1 heterocycles. The number of nitrogens with one attached hydrogen (secondary N) is 2. The molecule has 0 aliphatic heterocycles. The number of methoxy groups -OCH3 is 1. The van der Waals surface area contributed by atoms with Gasteiger partial charge >= 0.3 is 17.9 Å². The van der Waals surface area contributed by atoms with Gasteiger partial charge < -0.3 is 25.6 Å². The van der Waals surface area contributed by atoms with Crippen molar-refractivity contribution in [2.75, 3.05) is 17.7 Å². The zero-order chi connectivity index (χ0) is 35.5. The average molecular weight is 701 g/mol. The first-order chi connectivity index (χ1) is 23.3. The van der Waals surface area contributed by atoms with Crippen LogP contribution in [0.2, 0.25) is 0 Å². The third-order valence-corrected chi connectivity index (χ3v) is 11.0. The van der Waals surface area contributed by atoms with Gasteiger partial charge in [-0.2, -0.15) is 0 Å². The van der Waals surface area contributed by atoms with E-state index in [1.54, 1.807) is 24.3 Å². The lowest BCUT2D eigenvalue weighted by Gasteiger charge is -2.33. The van der Waals surface area contributed by atoms with Gasteiger partial charge in [-0.1, -0.05) is 57.2 Å². The number of thioether (sulfide) groups is 1. The highest BCUT2D eigenvalue weighted by atomic mass is 32.2. The number of ether oxygens (including phenoxy) is 1. The van der Waals surface area contributed by atoms with E-state index in [4.69, 9.17) is 4.74 Å². The highest BCUT2D eigenvalue weighted by molar-refractivity contribution is 8.00. The minimum atomic E-state index is -1.44. The van der Waals surface area contributed by atoms with E-state index < -0.39 is 34.6 Å². The summed E-state index contributed by atoms with van der Waals surface area (Å²) in [6.45, 7) is 6.65. The number of amides is 2. The first-order valence-electron chi connectivity index (χ1n) is 15.5. The Morgan fingerprint density at radius 3 is 2.29 bits per heavy atom. The Morgan fingerprint density at radius 2 is 1.63 bits per heavy atom. The molecule has 10 nitrogen and oxygen atoms in total. The lowest BCUT2D eigenvalue weighted by Crippen LogP contribution is -2.26. The van der Waals surface area contributed by atoms with Crippen LogP contribution in [0, 0.1) is 11.3 Å². The standard InChI is InChI=1S/C37H36N2O8S2/c1-37(2,3)22-14-16-26-28(18-22)49-33(29(26)36(46)47-4)39-32(41)30(20-9-6-5-7-10-20)48-24-12-8-11-23(19-24)38-31(40)25-15-13-21(34(42)43)17-27(25)35(44)45/h5-13,15,17,19,22,30H,14,16,18H2,1-4H3,(H,38,40)(H,39,41)(H,42,43)(H,44,45). The highest BCUT2D eigenvalue weighted by Gasteiger charge is 2.35. The van der Waals surface area contributed by atoms with Gasteiger partial charge in [0.1, 0.15) is 10.3 Å². The number of hydrogen-bond donors (Lipinski definition) is 4. The molecule has 0 fully saturated rings. The lowest BCUT2D eigenvalue weighted by molar-refractivity contribution is -0.115. The van der Waals surface area contributed by atoms with Gasteiger partial charge in [-0.15, -0.1) is 23.1 Å². The van der Waals surface area contributed by atoms with Gasteiger partial charge in [0.05, 0.1) is 29.4 Å². The highest BCUT2D eigenvalue weighted by Crippen LogP contribution is 2.45. The summed E-state index contributed by atoms with van der Waals surface area (Å²) in [4.78, 5) is 65.1. The number of esters is 1. The predicted octanol–water partition coefficient (Wildman–Crippen LogP) is 7.81. The van der Waals surface area contributed by atoms with E-state index >= 15 is 0 Å². The van der Waals surface area contributed by atoms with Crippen molar-refractivity contribution in [3.8, 4) is 0 Å². The summed E-state index contributed by atoms with van der Waals surface area (Å²) in [5, 5.41) is 24.3. The Bertz CT molecular complexity index is 1930. The third-order valence-electron chi connectivity index (χ3n) is 8.54. The first-order valence-corrected chi connectivity index (χ1v) is 17.2. The Hall–Kier alpha value is -4.94. The molecule has 1 aliphatic carbocycles. The summed E-state index contributed by atoms with van der Waals surface area (Å²) >= 11 is 2.67. The van der Waals surface area contributed by atoms with Gasteiger partial charge in [0.2, 0.25) is 5.91 Å². The molecule has 3 aromatic carbocycles. The number of fused-ring (bicyclic) bond motifs is 1. The number of carboxylic acid groups (broad SMARTS) is 2. The van der Waals surface area contributed by atoms with Crippen LogP contribution in [0.1, 0.15) is 89.9 Å². The molecule has 0 saturated heterocycles. The fraction of sp³-hybridized carbons (Fsp3) is 0.270. The van der Waals surface area contributed by atoms with Crippen LogP contribution in [0.15, 0.2) is 77.7 Å². The minimum Gasteiger partial charge on any atom is -0.478 e. The summed E-state index contributed by atoms with van der Waals surface area (Å²) in [6, 6.07) is 19.2. The first kappa shape index (κ1) is 35.4. The normalized spacial score (nSPS) is 14.7. The topological polar surface area (TPSA) is 159 Å². The molecule has 12 heteroatoms. The molecule has 1 aliphatic rings. The van der Waals surface area contributed by atoms with E-state index in [1.165, 1.54) is 30.2 Å². The van der Waals surface area contributed by atoms with Crippen molar-refractivity contribution in [2.45, 2.75) is 50.2 Å². The molecule has 2 unspecified atom stereocenters. The Morgan fingerprint density at radius 1 is 0.898 bits per heavy atom. The molecule has 49 heavy (non-hydrogen) atoms. The summed E-state index contributed by atoms with van der Waals surface area (Å²) < 4.78 is 5.15. The summed E-state index contributed by atoms with van der Waals surface area (Å²) in [7, 11) is 1.33. The third kappa shape index (κ3) is 8.03. The smallest absolute Gasteiger partial charge is 0.341 e. The SMILES string of the molecule is COC(=O)c1c(NC(=O)C(Sc2cccc(NC(=O)c3ccc(C(=O)O)cc3C(=O)O)c2)c2ccccc2)sc2c1CCC(C(C)(C)C)C2. The molecule has 0 bridgehead atoms. The number of carboxylic acids is 2. The number of hydrogen-bond acceptors (Lipinski definition) is 8. The van der Waals surface area contributed by atoms with E-state index in [1.807, 2.05) is 30.3 Å². The molecule has 5 rings (SSSR count). The number of carbonyl (C=O) groups is 5. The van der Waals surface area contributed by atoms with Crippen LogP contribution in [0.4, 0.5) is 10.7 Å². The molecule has 4 aromatic rings. The minimum absolute atomic E-state index is 0.100. The molecule has 0 radical (unpaired) electrons. The van der Waals surface area contributed by atoms with Crippen molar-refractivity contribution >= 4 is 63.5 Å². The van der Waals surface area contributed by atoms with E-state index in [9.17, 15) is 34.2 Å². The maximum absolute atomic E-state index is 14.1. The van der Waals surface area contributed by atoms with Crippen molar-refractivity contribution in [1.29, 1.82) is 0 Å². The molecule has 2 amide bonds. The molecule has 4 N–H and O–H groups in total. The van der Waals surface area contributed by atoms with Crippen molar-refractivity contribution < 1.29 is 38.9 Å². The van der Waals surface area contributed by atoms with Gasteiger partial charge in [0, 0.05) is 15.5 Å². The lowest BCUT2D eigenvalue weighted by atomic mass is 9.72. The molecule has 0 saturated carbocycles. The predicted molar refractivity (Wildman–Crippen MR) is 189 cm³/mol. The molecular weight excluding hydrogens is 665 g/mol. The largest absolute Gasteiger partial charge is 0.478 e. The van der Waals surface area contributed by atoms with E-state index in [-0.39, 0.29) is 22.4 Å². The fourth-order valence-corrected chi connectivity index (χ4v) is 8.25. The number of rotatable bonds is 10. The number of aromatic carboxylic acids is 2. The Balaban J connectivity index is 1.41. The monoisotopic (exact) mass is 700 g/mol. The molecule has 2 atom stereocenters. The van der Waals surface area contributed by atoms with Crippen molar-refractivity contribution in [2.24, 2.45) is 11.3 Å². The zero-order valence-electron chi connectivity index (χ0n) is 27.4. The molecule has 1 aromatic heterocycles. The number of anilines is 2. The van der Waals surface area contributed by atoms with Crippen LogP contribution in [-0.2, 0) is 22.4 Å². The fourth-order valence-electron chi connectivity index (χ4n) is 5.84. The summed E-state index contributed by atoms with van der Waals surface area (Å²) in [5.74, 6) is -3.88. The maximum Gasteiger partial charge on any atom is 0.341 e. The Labute approximate surface area is 291 Å². The van der Waals surface area contributed by atoms with Crippen molar-refractivity contribution in [3.05, 3.63) is 111 Å². The second kappa shape index (κ2) is 14.7. The van der Waals surface area contributed by atoms with Crippen LogP contribution < -0.4 is 10.6 Å².